The van der Waals surface area contributed by atoms with Crippen LogP contribution in [0.2, 0.25) is 0 Å². The molecule has 5 heteroatoms. The third-order valence-corrected chi connectivity index (χ3v) is 5.28. The van der Waals surface area contributed by atoms with Crippen molar-refractivity contribution in [3.05, 3.63) is 74.7 Å². The topological polar surface area (TPSA) is 68.5 Å². The Labute approximate surface area is 177 Å². The molecule has 0 fully saturated rings. The van der Waals surface area contributed by atoms with Gasteiger partial charge < -0.3 is 14.4 Å². The smallest absolute Gasteiger partial charge is 0.338 e. The minimum absolute atomic E-state index is 0.148. The summed E-state index contributed by atoms with van der Waals surface area (Å²) in [6, 6.07) is 9.92. The number of esters is 1. The van der Waals surface area contributed by atoms with Crippen molar-refractivity contribution < 1.29 is 14.6 Å². The molecule has 2 aromatic rings. The van der Waals surface area contributed by atoms with E-state index in [0.717, 1.165) is 11.1 Å². The summed E-state index contributed by atoms with van der Waals surface area (Å²) in [6.07, 6.45) is 3.19. The summed E-state index contributed by atoms with van der Waals surface area (Å²) in [7, 11) is 1.67. The van der Waals surface area contributed by atoms with Crippen LogP contribution in [0.1, 0.15) is 49.4 Å². The molecule has 0 bridgehead atoms. The van der Waals surface area contributed by atoms with Crippen molar-refractivity contribution in [3.8, 4) is 11.8 Å². The molecule has 1 heterocycles. The number of aromatic nitrogens is 1. The lowest BCUT2D eigenvalue weighted by Gasteiger charge is -2.16. The highest BCUT2D eigenvalue weighted by atomic mass is 16.5. The van der Waals surface area contributed by atoms with Gasteiger partial charge in [-0.3, -0.25) is 4.79 Å². The van der Waals surface area contributed by atoms with Gasteiger partial charge >= 0.3 is 5.97 Å². The lowest BCUT2D eigenvalue weighted by Crippen LogP contribution is -2.24. The second kappa shape index (κ2) is 8.73. The summed E-state index contributed by atoms with van der Waals surface area (Å²) in [4.78, 5) is 25.2. The fourth-order valence-electron chi connectivity index (χ4n) is 3.69. The quantitative estimate of drug-likeness (QED) is 0.613. The number of carbonyl (C=O) groups excluding carboxylic acids is 1. The molecule has 0 saturated carbocycles. The molecule has 30 heavy (non-hydrogen) atoms. The predicted molar refractivity (Wildman–Crippen MR) is 117 cm³/mol. The first-order valence-electron chi connectivity index (χ1n) is 10.1. The van der Waals surface area contributed by atoms with Crippen LogP contribution in [0, 0.1) is 11.8 Å². The Morgan fingerprint density at radius 2 is 2.00 bits per heavy atom. The van der Waals surface area contributed by atoms with Gasteiger partial charge in [0.1, 0.15) is 5.60 Å². The van der Waals surface area contributed by atoms with E-state index in [1.165, 1.54) is 4.57 Å². The highest BCUT2D eigenvalue weighted by Crippen LogP contribution is 2.34. The third kappa shape index (κ3) is 4.55. The lowest BCUT2D eigenvalue weighted by atomic mass is 9.95. The first-order chi connectivity index (χ1) is 14.2. The maximum atomic E-state index is 12.6. The molecule has 1 N–H and O–H groups in total. The second-order valence-electron chi connectivity index (χ2n) is 7.87. The fraction of sp³-hybridized carbons (Fsp3) is 0.360. The van der Waals surface area contributed by atoms with E-state index in [1.807, 2.05) is 37.3 Å². The van der Waals surface area contributed by atoms with Crippen molar-refractivity contribution in [1.29, 1.82) is 0 Å². The van der Waals surface area contributed by atoms with Crippen LogP contribution >= 0.6 is 0 Å². The molecule has 1 aliphatic carbocycles. The normalized spacial score (nSPS) is 14.6. The van der Waals surface area contributed by atoms with Crippen LogP contribution < -0.4 is 5.56 Å². The summed E-state index contributed by atoms with van der Waals surface area (Å²) in [5, 5.41) is 10.8. The Bertz CT molecular complexity index is 1110. The average molecular weight is 405 g/mol. The number of allylic oxidation sites excluding steroid dienone is 1. The first kappa shape index (κ1) is 21.6. The van der Waals surface area contributed by atoms with Crippen molar-refractivity contribution >= 4 is 11.5 Å². The van der Waals surface area contributed by atoms with Crippen LogP contribution in [-0.4, -0.2) is 27.9 Å². The van der Waals surface area contributed by atoms with Crippen LogP contribution in [-0.2, 0) is 29.4 Å². The monoisotopic (exact) mass is 405 g/mol. The van der Waals surface area contributed by atoms with Crippen molar-refractivity contribution in [1.82, 2.24) is 4.57 Å². The molecule has 0 amide bonds. The van der Waals surface area contributed by atoms with Crippen molar-refractivity contribution in [2.24, 2.45) is 7.05 Å². The van der Waals surface area contributed by atoms with E-state index < -0.39 is 11.6 Å². The number of fused-ring (bicyclic) bond motifs is 1. The Kier molecular flexibility index (Phi) is 6.28. The highest BCUT2D eigenvalue weighted by molar-refractivity contribution is 6.19. The summed E-state index contributed by atoms with van der Waals surface area (Å²) in [5.41, 5.74) is 2.62. The molecular formula is C25H27NO4. The zero-order chi connectivity index (χ0) is 21.9. The van der Waals surface area contributed by atoms with Gasteiger partial charge in [-0.05, 0) is 39.2 Å². The van der Waals surface area contributed by atoms with Gasteiger partial charge in [-0.15, -0.1) is 0 Å². The molecule has 1 aromatic heterocycles. The number of nitrogens with zero attached hydrogens (tertiary/aromatic N) is 1. The molecule has 1 aromatic carbocycles. The van der Waals surface area contributed by atoms with Crippen LogP contribution in [0.5, 0.6) is 0 Å². The largest absolute Gasteiger partial charge is 0.462 e. The van der Waals surface area contributed by atoms with Crippen molar-refractivity contribution in [2.75, 3.05) is 6.61 Å². The maximum Gasteiger partial charge on any atom is 0.338 e. The van der Waals surface area contributed by atoms with Gasteiger partial charge in [-0.25, -0.2) is 4.79 Å². The Morgan fingerprint density at radius 3 is 2.67 bits per heavy atom. The molecule has 156 valence electrons. The molecule has 1 unspecified atom stereocenters. The standard InChI is InChI=1S/C25H27NO4/c1-5-30-24(28)21-17(2)15-20-22(21)19(16-26(4)23(20)27)12-14-25(3,29)13-11-18-9-7-6-8-10-18/h6-10,16,29H,5,11,13,15H2,1-4H3. The number of aliphatic hydroxyl groups is 1. The van der Waals surface area contributed by atoms with Gasteiger partial charge in [-0.1, -0.05) is 47.7 Å². The molecule has 3 rings (SSSR count). The first-order valence-corrected chi connectivity index (χ1v) is 10.1. The number of ether oxygens (including phenoxy) is 1. The number of pyridine rings is 1. The molecule has 1 atom stereocenters. The molecular weight excluding hydrogens is 378 g/mol. The van der Waals surface area contributed by atoms with Gasteiger partial charge in [0.25, 0.3) is 5.56 Å². The SMILES string of the molecule is CCOC(=O)C1=C(C)Cc2c1c(C#CC(C)(O)CCc1ccccc1)cn(C)c2=O. The summed E-state index contributed by atoms with van der Waals surface area (Å²) >= 11 is 0. The Hall–Kier alpha value is -3.10. The van der Waals surface area contributed by atoms with Crippen LogP contribution in [0.15, 0.2) is 46.9 Å². The second-order valence-corrected chi connectivity index (χ2v) is 7.87. The molecule has 0 spiro atoms. The van der Waals surface area contributed by atoms with Gasteiger partial charge in [0.2, 0.25) is 0 Å². The predicted octanol–water partition coefficient (Wildman–Crippen LogP) is 3.01. The van der Waals surface area contributed by atoms with E-state index in [4.69, 9.17) is 4.74 Å². The van der Waals surface area contributed by atoms with Gasteiger partial charge in [0.15, 0.2) is 0 Å². The van der Waals surface area contributed by atoms with Gasteiger partial charge in [0.05, 0.1) is 12.2 Å². The van der Waals surface area contributed by atoms with Crippen LogP contribution in [0.4, 0.5) is 0 Å². The number of carbonyl (C=O) groups is 1. The number of rotatable bonds is 5. The molecule has 0 saturated heterocycles. The van der Waals surface area contributed by atoms with E-state index in [2.05, 4.69) is 11.8 Å². The van der Waals surface area contributed by atoms with Crippen LogP contribution in [0.25, 0.3) is 5.57 Å². The van der Waals surface area contributed by atoms with E-state index in [1.54, 1.807) is 27.1 Å². The third-order valence-electron chi connectivity index (χ3n) is 5.28. The Morgan fingerprint density at radius 1 is 1.30 bits per heavy atom. The highest BCUT2D eigenvalue weighted by Gasteiger charge is 2.30. The van der Waals surface area contributed by atoms with Crippen molar-refractivity contribution in [3.63, 3.8) is 0 Å². The molecule has 0 aliphatic heterocycles. The molecule has 5 nitrogen and oxygen atoms in total. The Balaban J connectivity index is 1.96. The van der Waals surface area contributed by atoms with E-state index in [9.17, 15) is 14.7 Å². The maximum absolute atomic E-state index is 12.6. The fourth-order valence-corrected chi connectivity index (χ4v) is 3.69. The van der Waals surface area contributed by atoms with Gasteiger partial charge in [0, 0.05) is 36.4 Å². The minimum atomic E-state index is -1.21. The van der Waals surface area contributed by atoms with E-state index >= 15 is 0 Å². The average Bonchev–Trinajstić information content (AvgIpc) is 3.07. The summed E-state index contributed by atoms with van der Waals surface area (Å²) in [6.45, 7) is 5.51. The molecule has 0 radical (unpaired) electrons. The van der Waals surface area contributed by atoms with E-state index in [0.29, 0.717) is 41.5 Å². The van der Waals surface area contributed by atoms with Gasteiger partial charge in [-0.2, -0.15) is 0 Å². The molecule has 1 aliphatic rings. The van der Waals surface area contributed by atoms with Crippen LogP contribution in [0.3, 0.4) is 0 Å². The number of hydrogen-bond acceptors (Lipinski definition) is 4. The summed E-state index contributed by atoms with van der Waals surface area (Å²) < 4.78 is 6.68. The zero-order valence-electron chi connectivity index (χ0n) is 17.9. The zero-order valence-corrected chi connectivity index (χ0v) is 17.9. The number of hydrogen-bond donors (Lipinski definition) is 1. The minimum Gasteiger partial charge on any atom is -0.462 e. The summed E-state index contributed by atoms with van der Waals surface area (Å²) in [5.74, 6) is 5.54. The number of aryl methyl sites for hydroxylation is 2. The van der Waals surface area contributed by atoms with Crippen molar-refractivity contribution in [2.45, 2.75) is 45.6 Å². The lowest BCUT2D eigenvalue weighted by molar-refractivity contribution is -0.136. The van der Waals surface area contributed by atoms with E-state index in [-0.39, 0.29) is 12.2 Å². The number of benzene rings is 1.